The van der Waals surface area contributed by atoms with Crippen LogP contribution in [-0.2, 0) is 37.9 Å². The topological polar surface area (TPSA) is 73.8 Å². The summed E-state index contributed by atoms with van der Waals surface area (Å²) in [5.41, 5.74) is 0. The molecule has 198 valence electrons. The second-order valence-electron chi connectivity index (χ2n) is 7.42. The summed E-state index contributed by atoms with van der Waals surface area (Å²) in [6, 6.07) is 0. The van der Waals surface area contributed by atoms with Gasteiger partial charge in [0.1, 0.15) is 0 Å². The van der Waals surface area contributed by atoms with Crippen LogP contribution in [0.5, 0.6) is 0 Å². The Morgan fingerprint density at radius 3 is 1.06 bits per heavy atom. The number of rotatable bonds is 30. The zero-order chi connectivity index (χ0) is 23.9. The highest BCUT2D eigenvalue weighted by Crippen LogP contribution is 2.04. The predicted molar refractivity (Wildman–Crippen MR) is 130 cm³/mol. The first kappa shape index (κ1) is 32.4. The van der Waals surface area contributed by atoms with Gasteiger partial charge >= 0.3 is 0 Å². The van der Waals surface area contributed by atoms with Gasteiger partial charge < -0.3 is 37.9 Å². The SMILES string of the molecule is C=CCOCCOCCOCCOCCOCCOCCOCCOCCCCCCCC. The van der Waals surface area contributed by atoms with Gasteiger partial charge in [-0.1, -0.05) is 45.1 Å². The van der Waals surface area contributed by atoms with Crippen molar-refractivity contribution >= 4 is 0 Å². The summed E-state index contributed by atoms with van der Waals surface area (Å²) in [5.74, 6) is 0. The van der Waals surface area contributed by atoms with Crippen LogP contribution in [0.1, 0.15) is 45.4 Å². The van der Waals surface area contributed by atoms with E-state index in [4.69, 9.17) is 37.9 Å². The molecule has 0 rings (SSSR count). The lowest BCUT2D eigenvalue weighted by Gasteiger charge is -2.08. The van der Waals surface area contributed by atoms with Gasteiger partial charge in [0, 0.05) is 6.61 Å². The zero-order valence-corrected chi connectivity index (χ0v) is 21.1. The van der Waals surface area contributed by atoms with E-state index in [1.807, 2.05) is 0 Å². The van der Waals surface area contributed by atoms with Crippen LogP contribution in [0.4, 0.5) is 0 Å². The van der Waals surface area contributed by atoms with E-state index in [9.17, 15) is 0 Å². The monoisotopic (exact) mass is 478 g/mol. The van der Waals surface area contributed by atoms with Crippen molar-refractivity contribution in [2.24, 2.45) is 0 Å². The summed E-state index contributed by atoms with van der Waals surface area (Å²) >= 11 is 0. The van der Waals surface area contributed by atoms with Crippen molar-refractivity contribution < 1.29 is 37.9 Å². The van der Waals surface area contributed by atoms with Crippen molar-refractivity contribution in [3.8, 4) is 0 Å². The molecule has 0 unspecified atom stereocenters. The fourth-order valence-corrected chi connectivity index (χ4v) is 2.69. The third-order valence-electron chi connectivity index (χ3n) is 4.48. The zero-order valence-electron chi connectivity index (χ0n) is 21.1. The number of unbranched alkanes of at least 4 members (excludes halogenated alkanes) is 5. The molecule has 8 heteroatoms. The van der Waals surface area contributed by atoms with Crippen molar-refractivity contribution in [2.75, 3.05) is 106 Å². The molecule has 0 aliphatic heterocycles. The Bertz CT molecular complexity index is 357. The van der Waals surface area contributed by atoms with Crippen LogP contribution < -0.4 is 0 Å². The van der Waals surface area contributed by atoms with E-state index < -0.39 is 0 Å². The van der Waals surface area contributed by atoms with E-state index in [2.05, 4.69) is 13.5 Å². The highest BCUT2D eigenvalue weighted by Gasteiger charge is 1.95. The van der Waals surface area contributed by atoms with Crippen molar-refractivity contribution in [1.82, 2.24) is 0 Å². The molecule has 0 fully saturated rings. The van der Waals surface area contributed by atoms with Gasteiger partial charge in [-0.2, -0.15) is 0 Å². The molecule has 0 aromatic carbocycles. The van der Waals surface area contributed by atoms with Gasteiger partial charge in [0.15, 0.2) is 0 Å². The molecule has 0 aliphatic rings. The van der Waals surface area contributed by atoms with Gasteiger partial charge in [-0.05, 0) is 6.42 Å². The number of ether oxygens (including phenoxy) is 8. The molecule has 0 aromatic heterocycles. The van der Waals surface area contributed by atoms with E-state index in [0.717, 1.165) is 13.0 Å². The van der Waals surface area contributed by atoms with Gasteiger partial charge in [-0.3, -0.25) is 0 Å². The first-order valence-electron chi connectivity index (χ1n) is 12.6. The summed E-state index contributed by atoms with van der Waals surface area (Å²) in [7, 11) is 0. The van der Waals surface area contributed by atoms with E-state index in [0.29, 0.717) is 99.1 Å². The average molecular weight is 479 g/mol. The van der Waals surface area contributed by atoms with Crippen molar-refractivity contribution in [2.45, 2.75) is 45.4 Å². The molecule has 0 saturated carbocycles. The van der Waals surface area contributed by atoms with E-state index >= 15 is 0 Å². The van der Waals surface area contributed by atoms with Gasteiger partial charge in [-0.15, -0.1) is 6.58 Å². The van der Waals surface area contributed by atoms with E-state index in [-0.39, 0.29) is 0 Å². The van der Waals surface area contributed by atoms with E-state index in [1.54, 1.807) is 6.08 Å². The second-order valence-corrected chi connectivity index (χ2v) is 7.42. The summed E-state index contributed by atoms with van der Waals surface area (Å²) in [4.78, 5) is 0. The lowest BCUT2D eigenvalue weighted by molar-refractivity contribution is -0.0226. The van der Waals surface area contributed by atoms with Gasteiger partial charge in [0.2, 0.25) is 0 Å². The van der Waals surface area contributed by atoms with Crippen LogP contribution in [0.15, 0.2) is 12.7 Å². The Morgan fingerprint density at radius 2 is 0.697 bits per heavy atom. The maximum atomic E-state index is 5.57. The largest absolute Gasteiger partial charge is 0.379 e. The molecule has 33 heavy (non-hydrogen) atoms. The van der Waals surface area contributed by atoms with Crippen LogP contribution in [0, 0.1) is 0 Å². The minimum absolute atomic E-state index is 0.544. The fraction of sp³-hybridized carbons (Fsp3) is 0.920. The molecule has 0 amide bonds. The molecule has 0 spiro atoms. The molecule has 0 N–H and O–H groups in total. The van der Waals surface area contributed by atoms with Crippen molar-refractivity contribution in [3.63, 3.8) is 0 Å². The van der Waals surface area contributed by atoms with Gasteiger partial charge in [0.25, 0.3) is 0 Å². The van der Waals surface area contributed by atoms with Crippen LogP contribution in [0.25, 0.3) is 0 Å². The molecule has 0 heterocycles. The second kappa shape index (κ2) is 31.4. The molecule has 0 radical (unpaired) electrons. The molecular weight excluding hydrogens is 428 g/mol. The third kappa shape index (κ3) is 31.4. The molecule has 8 nitrogen and oxygen atoms in total. The smallest absolute Gasteiger partial charge is 0.0704 e. The highest BCUT2D eigenvalue weighted by atomic mass is 16.6. The first-order chi connectivity index (χ1) is 16.4. The van der Waals surface area contributed by atoms with Crippen molar-refractivity contribution in [3.05, 3.63) is 12.7 Å². The Balaban J connectivity index is 2.99. The molecule has 0 atom stereocenters. The Hall–Kier alpha value is -0.580. The standard InChI is InChI=1S/C25H50O8/c1-3-5-6-7-8-9-11-27-13-15-29-17-19-31-21-23-33-25-24-32-22-20-30-18-16-28-14-12-26-10-4-2/h4H,2-3,5-25H2,1H3. The third-order valence-corrected chi connectivity index (χ3v) is 4.48. The minimum Gasteiger partial charge on any atom is -0.379 e. The van der Waals surface area contributed by atoms with Crippen molar-refractivity contribution in [1.29, 1.82) is 0 Å². The number of hydrogen-bond donors (Lipinski definition) is 0. The lowest BCUT2D eigenvalue weighted by atomic mass is 10.1. The maximum absolute atomic E-state index is 5.57. The molecule has 0 saturated heterocycles. The molecule has 0 aromatic rings. The first-order valence-corrected chi connectivity index (χ1v) is 12.6. The summed E-state index contributed by atoms with van der Waals surface area (Å²) < 4.78 is 43.4. The lowest BCUT2D eigenvalue weighted by Crippen LogP contribution is -2.15. The predicted octanol–water partition coefficient (Wildman–Crippen LogP) is 3.67. The van der Waals surface area contributed by atoms with E-state index in [1.165, 1.54) is 32.1 Å². The minimum atomic E-state index is 0.544. The average Bonchev–Trinajstić information content (AvgIpc) is 2.83. The Labute approximate surface area is 202 Å². The summed E-state index contributed by atoms with van der Waals surface area (Å²) in [6.07, 6.45) is 9.44. The fourth-order valence-electron chi connectivity index (χ4n) is 2.69. The molecule has 0 bridgehead atoms. The summed E-state index contributed by atoms with van der Waals surface area (Å²) in [6.45, 7) is 15.2. The Kier molecular flexibility index (Phi) is 30.9. The van der Waals surface area contributed by atoms with Crippen LogP contribution in [-0.4, -0.2) is 106 Å². The van der Waals surface area contributed by atoms with Gasteiger partial charge in [-0.25, -0.2) is 0 Å². The quantitative estimate of drug-likeness (QED) is 0.114. The molecule has 0 aliphatic carbocycles. The van der Waals surface area contributed by atoms with Crippen LogP contribution >= 0.6 is 0 Å². The highest BCUT2D eigenvalue weighted by molar-refractivity contribution is 4.63. The van der Waals surface area contributed by atoms with Gasteiger partial charge in [0.05, 0.1) is 99.1 Å². The number of hydrogen-bond acceptors (Lipinski definition) is 8. The maximum Gasteiger partial charge on any atom is 0.0704 e. The van der Waals surface area contributed by atoms with Crippen LogP contribution in [0.3, 0.4) is 0 Å². The molecular formula is C25H50O8. The Morgan fingerprint density at radius 1 is 0.394 bits per heavy atom. The normalized spacial score (nSPS) is 11.3. The van der Waals surface area contributed by atoms with Crippen LogP contribution in [0.2, 0.25) is 0 Å². The summed E-state index contributed by atoms with van der Waals surface area (Å²) in [5, 5.41) is 0.